The Morgan fingerprint density at radius 3 is 2.52 bits per heavy atom. The number of nitrogens with two attached hydrogens (primary N) is 1. The minimum atomic E-state index is -0.377. The van der Waals surface area contributed by atoms with Crippen LogP contribution in [0, 0.1) is 5.92 Å². The first-order chi connectivity index (χ1) is 10.1. The highest BCUT2D eigenvalue weighted by Gasteiger charge is 2.29. The summed E-state index contributed by atoms with van der Waals surface area (Å²) in [6, 6.07) is 10.1. The molecule has 2 N–H and O–H groups in total. The second-order valence-electron chi connectivity index (χ2n) is 5.54. The van der Waals surface area contributed by atoms with Gasteiger partial charge in [-0.2, -0.15) is 0 Å². The molecule has 0 saturated heterocycles. The molecule has 4 nitrogen and oxygen atoms in total. The lowest BCUT2D eigenvalue weighted by Gasteiger charge is -2.30. The zero-order chi connectivity index (χ0) is 15.2. The van der Waals surface area contributed by atoms with Crippen LogP contribution in [-0.2, 0) is 9.59 Å². The Bertz CT molecular complexity index is 488. The van der Waals surface area contributed by atoms with Crippen molar-refractivity contribution in [2.24, 2.45) is 11.7 Å². The number of primary amides is 1. The molecule has 1 saturated carbocycles. The van der Waals surface area contributed by atoms with E-state index < -0.39 is 0 Å². The molecule has 1 aromatic rings. The lowest BCUT2D eigenvalue weighted by atomic mass is 10.1. The number of rotatable bonds is 8. The van der Waals surface area contributed by atoms with E-state index in [1.165, 1.54) is 24.6 Å². The predicted octanol–water partition coefficient (Wildman–Crippen LogP) is 2.20. The van der Waals surface area contributed by atoms with Gasteiger partial charge in [-0.25, -0.2) is 0 Å². The van der Waals surface area contributed by atoms with Gasteiger partial charge in [-0.3, -0.25) is 9.59 Å². The maximum Gasteiger partial charge on any atom is 0.233 e. The smallest absolute Gasteiger partial charge is 0.233 e. The van der Waals surface area contributed by atoms with Crippen LogP contribution in [0.4, 0.5) is 0 Å². The number of amides is 2. The quantitative estimate of drug-likeness (QED) is 0.801. The summed E-state index contributed by atoms with van der Waals surface area (Å²) in [4.78, 5) is 25.2. The topological polar surface area (TPSA) is 63.4 Å². The molecular formula is C16H22N2O2S. The summed E-state index contributed by atoms with van der Waals surface area (Å²) in [5.41, 5.74) is 6.26. The molecule has 0 aromatic heterocycles. The van der Waals surface area contributed by atoms with E-state index in [1.807, 2.05) is 35.2 Å². The van der Waals surface area contributed by atoms with Crippen LogP contribution in [0.2, 0.25) is 0 Å². The Balaban J connectivity index is 1.99. The van der Waals surface area contributed by atoms with Gasteiger partial charge in [-0.1, -0.05) is 30.3 Å². The average Bonchev–Trinajstić information content (AvgIpc) is 3.28. The number of carbonyl (C=O) groups excluding carboxylic acids is 2. The van der Waals surface area contributed by atoms with Crippen molar-refractivity contribution < 1.29 is 9.59 Å². The van der Waals surface area contributed by atoms with E-state index in [-0.39, 0.29) is 23.6 Å². The summed E-state index contributed by atoms with van der Waals surface area (Å²) in [6.07, 6.45) is 2.42. The van der Waals surface area contributed by atoms with Crippen molar-refractivity contribution in [1.82, 2.24) is 4.90 Å². The van der Waals surface area contributed by atoms with Gasteiger partial charge in [0.15, 0.2) is 0 Å². The van der Waals surface area contributed by atoms with E-state index in [4.69, 9.17) is 5.73 Å². The third-order valence-corrected chi connectivity index (χ3v) is 4.63. The molecular weight excluding hydrogens is 284 g/mol. The van der Waals surface area contributed by atoms with Crippen molar-refractivity contribution in [3.8, 4) is 0 Å². The Labute approximate surface area is 130 Å². The van der Waals surface area contributed by atoms with E-state index in [2.05, 4.69) is 6.92 Å². The van der Waals surface area contributed by atoms with Gasteiger partial charge < -0.3 is 10.6 Å². The maximum absolute atomic E-state index is 12.5. The lowest BCUT2D eigenvalue weighted by molar-refractivity contribution is -0.130. The fraction of sp³-hybridized carbons (Fsp3) is 0.500. The molecule has 1 fully saturated rings. The van der Waals surface area contributed by atoms with Gasteiger partial charge in [0.1, 0.15) is 0 Å². The van der Waals surface area contributed by atoms with E-state index in [1.54, 1.807) is 0 Å². The Morgan fingerprint density at radius 1 is 1.29 bits per heavy atom. The van der Waals surface area contributed by atoms with Gasteiger partial charge in [-0.05, 0) is 31.2 Å². The van der Waals surface area contributed by atoms with Crippen molar-refractivity contribution in [2.45, 2.75) is 25.8 Å². The van der Waals surface area contributed by atoms with E-state index in [0.29, 0.717) is 11.7 Å². The van der Waals surface area contributed by atoms with Gasteiger partial charge in [0.2, 0.25) is 11.8 Å². The standard InChI is InChI=1S/C16H22N2O2S/c1-12(14-5-3-2-4-6-14)18(9-13-7-8-13)16(20)11-21-10-15(17)19/h2-6,12-13H,7-11H2,1H3,(H2,17,19)/t12-/m0/s1. The SMILES string of the molecule is C[C@@H](c1ccccc1)N(CC1CC1)C(=O)CSCC(N)=O. The summed E-state index contributed by atoms with van der Waals surface area (Å²) >= 11 is 1.29. The molecule has 1 aliphatic rings. The first-order valence-corrected chi connectivity index (χ1v) is 8.44. The van der Waals surface area contributed by atoms with Gasteiger partial charge in [0, 0.05) is 6.54 Å². The van der Waals surface area contributed by atoms with Crippen molar-refractivity contribution >= 4 is 23.6 Å². The van der Waals surface area contributed by atoms with Gasteiger partial charge in [0.25, 0.3) is 0 Å². The second kappa shape index (κ2) is 7.50. The van der Waals surface area contributed by atoms with Crippen LogP contribution in [0.3, 0.4) is 0 Å². The van der Waals surface area contributed by atoms with Crippen LogP contribution in [0.5, 0.6) is 0 Å². The lowest BCUT2D eigenvalue weighted by Crippen LogP contribution is -2.36. The van der Waals surface area contributed by atoms with Crippen LogP contribution in [0.15, 0.2) is 30.3 Å². The highest BCUT2D eigenvalue weighted by Crippen LogP contribution is 2.33. The second-order valence-corrected chi connectivity index (χ2v) is 6.52. The monoisotopic (exact) mass is 306 g/mol. The Kier molecular flexibility index (Phi) is 5.67. The number of benzene rings is 1. The van der Waals surface area contributed by atoms with E-state index in [9.17, 15) is 9.59 Å². The minimum Gasteiger partial charge on any atom is -0.369 e. The molecule has 21 heavy (non-hydrogen) atoms. The fourth-order valence-electron chi connectivity index (χ4n) is 2.29. The highest BCUT2D eigenvalue weighted by molar-refractivity contribution is 8.00. The summed E-state index contributed by atoms with van der Waals surface area (Å²) in [5.74, 6) is 0.860. The van der Waals surface area contributed by atoms with Crippen LogP contribution < -0.4 is 5.73 Å². The first kappa shape index (κ1) is 15.9. The molecule has 2 rings (SSSR count). The number of hydrogen-bond donors (Lipinski definition) is 1. The Hall–Kier alpha value is -1.49. The molecule has 0 unspecified atom stereocenters. The van der Waals surface area contributed by atoms with Gasteiger partial charge >= 0.3 is 0 Å². The molecule has 114 valence electrons. The molecule has 5 heteroatoms. The Morgan fingerprint density at radius 2 is 1.95 bits per heavy atom. The van der Waals surface area contributed by atoms with Crippen LogP contribution in [0.25, 0.3) is 0 Å². The van der Waals surface area contributed by atoms with Crippen molar-refractivity contribution in [1.29, 1.82) is 0 Å². The largest absolute Gasteiger partial charge is 0.369 e. The zero-order valence-electron chi connectivity index (χ0n) is 12.3. The van der Waals surface area contributed by atoms with Crippen LogP contribution in [-0.4, -0.2) is 34.8 Å². The third kappa shape index (κ3) is 5.08. The fourth-order valence-corrected chi connectivity index (χ4v) is 2.93. The molecule has 0 radical (unpaired) electrons. The summed E-state index contributed by atoms with van der Waals surface area (Å²) in [6.45, 7) is 2.88. The van der Waals surface area contributed by atoms with E-state index in [0.717, 1.165) is 12.1 Å². The van der Waals surface area contributed by atoms with E-state index >= 15 is 0 Å². The molecule has 0 spiro atoms. The highest BCUT2D eigenvalue weighted by atomic mass is 32.2. The molecule has 2 amide bonds. The van der Waals surface area contributed by atoms with Crippen LogP contribution >= 0.6 is 11.8 Å². The average molecular weight is 306 g/mol. The number of nitrogens with zero attached hydrogens (tertiary/aromatic N) is 1. The minimum absolute atomic E-state index is 0.0634. The van der Waals surface area contributed by atoms with Gasteiger partial charge in [0.05, 0.1) is 17.5 Å². The van der Waals surface area contributed by atoms with Crippen LogP contribution in [0.1, 0.15) is 31.4 Å². The molecule has 0 heterocycles. The number of hydrogen-bond acceptors (Lipinski definition) is 3. The first-order valence-electron chi connectivity index (χ1n) is 7.28. The van der Waals surface area contributed by atoms with Crippen molar-refractivity contribution in [2.75, 3.05) is 18.1 Å². The third-order valence-electron chi connectivity index (χ3n) is 3.69. The van der Waals surface area contributed by atoms with Crippen molar-refractivity contribution in [3.05, 3.63) is 35.9 Å². The summed E-state index contributed by atoms with van der Waals surface area (Å²) < 4.78 is 0. The molecule has 1 aromatic carbocycles. The molecule has 0 bridgehead atoms. The molecule has 1 atom stereocenters. The number of thioether (sulfide) groups is 1. The van der Waals surface area contributed by atoms with Crippen molar-refractivity contribution in [3.63, 3.8) is 0 Å². The normalized spacial score (nSPS) is 15.5. The van der Waals surface area contributed by atoms with Gasteiger partial charge in [-0.15, -0.1) is 11.8 Å². The molecule has 1 aliphatic carbocycles. The summed E-state index contributed by atoms with van der Waals surface area (Å²) in [7, 11) is 0. The molecule has 0 aliphatic heterocycles. The number of carbonyl (C=O) groups is 2. The maximum atomic E-state index is 12.5. The predicted molar refractivity (Wildman–Crippen MR) is 85.8 cm³/mol. The zero-order valence-corrected chi connectivity index (χ0v) is 13.1. The summed E-state index contributed by atoms with van der Waals surface area (Å²) in [5, 5.41) is 0.